The van der Waals surface area contributed by atoms with E-state index < -0.39 is 0 Å². The van der Waals surface area contributed by atoms with Crippen molar-refractivity contribution >= 4 is 11.8 Å². The molecule has 0 saturated carbocycles. The van der Waals surface area contributed by atoms with Crippen LogP contribution in [0.25, 0.3) is 0 Å². The van der Waals surface area contributed by atoms with Crippen molar-refractivity contribution in [1.29, 1.82) is 0 Å². The Hall–Kier alpha value is -1.84. The van der Waals surface area contributed by atoms with E-state index in [4.69, 9.17) is 4.74 Å². The number of likely N-dealkylation sites (tertiary alicyclic amines) is 1. The number of piperidine rings is 1. The number of hydrogen-bond acceptors (Lipinski definition) is 3. The lowest BCUT2D eigenvalue weighted by molar-refractivity contribution is -0.146. The van der Waals surface area contributed by atoms with Gasteiger partial charge < -0.3 is 4.74 Å². The second-order valence-corrected chi connectivity index (χ2v) is 4.22. The molecule has 4 nitrogen and oxygen atoms in total. The van der Waals surface area contributed by atoms with Crippen LogP contribution in [0.5, 0.6) is 5.75 Å². The maximum atomic E-state index is 11.6. The van der Waals surface area contributed by atoms with Crippen molar-refractivity contribution < 1.29 is 14.3 Å². The maximum absolute atomic E-state index is 11.6. The average molecular weight is 233 g/mol. The molecule has 0 aliphatic carbocycles. The van der Waals surface area contributed by atoms with Crippen molar-refractivity contribution in [3.63, 3.8) is 0 Å². The van der Waals surface area contributed by atoms with E-state index in [0.29, 0.717) is 12.8 Å². The molecule has 2 amide bonds. The molecule has 0 N–H and O–H groups in total. The zero-order chi connectivity index (χ0) is 12.4. The summed E-state index contributed by atoms with van der Waals surface area (Å²) in [7, 11) is 3.15. The van der Waals surface area contributed by atoms with Crippen LogP contribution in [0.15, 0.2) is 24.3 Å². The molecule has 0 atom stereocenters. The van der Waals surface area contributed by atoms with Crippen LogP contribution in [-0.2, 0) is 9.59 Å². The van der Waals surface area contributed by atoms with Crippen LogP contribution in [0.2, 0.25) is 0 Å². The van der Waals surface area contributed by atoms with Gasteiger partial charge in [0.25, 0.3) is 0 Å². The first kappa shape index (κ1) is 11.6. The summed E-state index contributed by atoms with van der Waals surface area (Å²) in [4.78, 5) is 24.4. The summed E-state index contributed by atoms with van der Waals surface area (Å²) in [6.07, 6.45) is 0.795. The normalized spacial score (nSPS) is 17.4. The first-order chi connectivity index (χ1) is 8.11. The van der Waals surface area contributed by atoms with Crippen molar-refractivity contribution in [2.24, 2.45) is 0 Å². The van der Waals surface area contributed by atoms with Gasteiger partial charge in [0.2, 0.25) is 11.8 Å². The molecule has 1 aliphatic rings. The number of amides is 2. The summed E-state index contributed by atoms with van der Waals surface area (Å²) in [6.45, 7) is 0. The molecule has 4 heteroatoms. The van der Waals surface area contributed by atoms with Crippen LogP contribution in [0.4, 0.5) is 0 Å². The van der Waals surface area contributed by atoms with Gasteiger partial charge in [-0.3, -0.25) is 14.5 Å². The summed E-state index contributed by atoms with van der Waals surface area (Å²) >= 11 is 0. The third kappa shape index (κ3) is 2.30. The van der Waals surface area contributed by atoms with Crippen LogP contribution in [-0.4, -0.2) is 30.9 Å². The molecule has 0 radical (unpaired) electrons. The first-order valence-electron chi connectivity index (χ1n) is 5.55. The predicted molar refractivity (Wildman–Crippen MR) is 62.7 cm³/mol. The Bertz CT molecular complexity index is 420. The van der Waals surface area contributed by atoms with Crippen molar-refractivity contribution in [2.75, 3.05) is 14.2 Å². The lowest BCUT2D eigenvalue weighted by atomic mass is 9.89. The fraction of sp³-hybridized carbons (Fsp3) is 0.385. The lowest BCUT2D eigenvalue weighted by Gasteiger charge is -2.27. The summed E-state index contributed by atoms with van der Waals surface area (Å²) in [5, 5.41) is 0. The van der Waals surface area contributed by atoms with Gasteiger partial charge in [-0.2, -0.15) is 0 Å². The molecule has 0 unspecified atom stereocenters. The fourth-order valence-corrected chi connectivity index (χ4v) is 2.02. The highest BCUT2D eigenvalue weighted by molar-refractivity contribution is 5.98. The molecule has 90 valence electrons. The molecule has 2 rings (SSSR count). The smallest absolute Gasteiger partial charge is 0.229 e. The number of ether oxygens (including phenoxy) is 1. The standard InChI is InChI=1S/C13H15NO3/c1-14-12(15)7-10(8-13(14)16)9-3-5-11(17-2)6-4-9/h3-6,10H,7-8H2,1-2H3. The minimum Gasteiger partial charge on any atom is -0.497 e. The van der Waals surface area contributed by atoms with E-state index in [9.17, 15) is 9.59 Å². The number of carbonyl (C=O) groups excluding carboxylic acids is 2. The van der Waals surface area contributed by atoms with Crippen molar-refractivity contribution in [1.82, 2.24) is 4.90 Å². The highest BCUT2D eigenvalue weighted by Gasteiger charge is 2.30. The van der Waals surface area contributed by atoms with E-state index in [1.807, 2.05) is 24.3 Å². The zero-order valence-electron chi connectivity index (χ0n) is 9.97. The van der Waals surface area contributed by atoms with Crippen molar-refractivity contribution in [2.45, 2.75) is 18.8 Å². The molecule has 0 spiro atoms. The summed E-state index contributed by atoms with van der Waals surface area (Å²) in [5.41, 5.74) is 1.01. The van der Waals surface area contributed by atoms with Gasteiger partial charge in [-0.25, -0.2) is 0 Å². The Morgan fingerprint density at radius 3 is 2.12 bits per heavy atom. The second-order valence-electron chi connectivity index (χ2n) is 4.22. The molecule has 1 fully saturated rings. The van der Waals surface area contributed by atoms with E-state index >= 15 is 0 Å². The largest absolute Gasteiger partial charge is 0.497 e. The van der Waals surface area contributed by atoms with Crippen molar-refractivity contribution in [3.8, 4) is 5.75 Å². The van der Waals surface area contributed by atoms with Gasteiger partial charge in [0.1, 0.15) is 5.75 Å². The van der Waals surface area contributed by atoms with Crippen LogP contribution in [0.1, 0.15) is 24.3 Å². The highest BCUT2D eigenvalue weighted by atomic mass is 16.5. The minimum absolute atomic E-state index is 0.00268. The van der Waals surface area contributed by atoms with E-state index in [0.717, 1.165) is 11.3 Å². The third-order valence-corrected chi connectivity index (χ3v) is 3.18. The summed E-state index contributed by atoms with van der Waals surface area (Å²) < 4.78 is 5.07. The van der Waals surface area contributed by atoms with Gasteiger partial charge in [-0.1, -0.05) is 12.1 Å². The van der Waals surface area contributed by atoms with Gasteiger partial charge >= 0.3 is 0 Å². The van der Waals surface area contributed by atoms with Crippen LogP contribution in [0.3, 0.4) is 0 Å². The Labute approximate surface area is 100 Å². The number of imide groups is 1. The average Bonchev–Trinajstić information content (AvgIpc) is 2.35. The van der Waals surface area contributed by atoms with Gasteiger partial charge in [0.05, 0.1) is 7.11 Å². The molecular formula is C13H15NO3. The van der Waals surface area contributed by atoms with Crippen LogP contribution >= 0.6 is 0 Å². The van der Waals surface area contributed by atoms with E-state index in [2.05, 4.69) is 0 Å². The predicted octanol–water partition coefficient (Wildman–Crippen LogP) is 1.56. The summed E-state index contributed by atoms with van der Waals surface area (Å²) in [6, 6.07) is 7.52. The number of nitrogens with zero attached hydrogens (tertiary/aromatic N) is 1. The Kier molecular flexibility index (Phi) is 3.13. The van der Waals surface area contributed by atoms with Crippen LogP contribution < -0.4 is 4.74 Å². The van der Waals surface area contributed by atoms with Crippen LogP contribution in [0, 0.1) is 0 Å². The Morgan fingerprint density at radius 1 is 1.12 bits per heavy atom. The van der Waals surface area contributed by atoms with E-state index in [1.165, 1.54) is 11.9 Å². The highest BCUT2D eigenvalue weighted by Crippen LogP contribution is 2.29. The minimum atomic E-state index is -0.109. The Balaban J connectivity index is 2.17. The molecule has 1 aromatic rings. The molecular weight excluding hydrogens is 218 g/mol. The topological polar surface area (TPSA) is 46.6 Å². The lowest BCUT2D eigenvalue weighted by Crippen LogP contribution is -2.39. The molecule has 0 aromatic heterocycles. The Morgan fingerprint density at radius 2 is 1.65 bits per heavy atom. The number of benzene rings is 1. The summed E-state index contributed by atoms with van der Waals surface area (Å²) in [5.74, 6) is 0.556. The first-order valence-corrected chi connectivity index (χ1v) is 5.55. The van der Waals surface area contributed by atoms with E-state index in [-0.39, 0.29) is 17.7 Å². The third-order valence-electron chi connectivity index (χ3n) is 3.18. The fourth-order valence-electron chi connectivity index (χ4n) is 2.02. The molecule has 1 heterocycles. The quantitative estimate of drug-likeness (QED) is 0.728. The van der Waals surface area contributed by atoms with Gasteiger partial charge in [0.15, 0.2) is 0 Å². The van der Waals surface area contributed by atoms with Crippen molar-refractivity contribution in [3.05, 3.63) is 29.8 Å². The maximum Gasteiger partial charge on any atom is 0.229 e. The number of hydrogen-bond donors (Lipinski definition) is 0. The van der Waals surface area contributed by atoms with E-state index in [1.54, 1.807) is 7.11 Å². The molecule has 17 heavy (non-hydrogen) atoms. The van der Waals surface area contributed by atoms with Gasteiger partial charge in [-0.15, -0.1) is 0 Å². The van der Waals surface area contributed by atoms with Gasteiger partial charge in [-0.05, 0) is 17.7 Å². The molecule has 1 aromatic carbocycles. The number of carbonyl (C=O) groups is 2. The molecule has 1 saturated heterocycles. The monoisotopic (exact) mass is 233 g/mol. The SMILES string of the molecule is COc1ccc(C2CC(=O)N(C)C(=O)C2)cc1. The second kappa shape index (κ2) is 4.57. The van der Waals surface area contributed by atoms with Gasteiger partial charge in [0, 0.05) is 25.8 Å². The number of rotatable bonds is 2. The zero-order valence-corrected chi connectivity index (χ0v) is 9.97. The number of methoxy groups -OCH3 is 1. The molecule has 0 bridgehead atoms. The molecule has 1 aliphatic heterocycles.